The first-order valence-corrected chi connectivity index (χ1v) is 2.88. The maximum atomic E-state index is 12.3. The van der Waals surface area contributed by atoms with Crippen molar-refractivity contribution in [3.8, 4) is 0 Å². The number of nitrogens with two attached hydrogens (primary N) is 1. The third-order valence-corrected chi connectivity index (χ3v) is 1.76. The molecule has 0 aromatic rings. The highest BCUT2D eigenvalue weighted by atomic mass is 19.3. The molecule has 0 aliphatic heterocycles. The molecular formula is C5H6F4N2. The molecule has 2 nitrogen and oxygen atoms in total. The van der Waals surface area contributed by atoms with E-state index in [1.54, 1.807) is 0 Å². The average molecular weight is 170 g/mol. The van der Waals surface area contributed by atoms with E-state index >= 15 is 0 Å². The SMILES string of the molecule is N=C(N)C1CC(F)(F)C1(F)F. The summed E-state index contributed by atoms with van der Waals surface area (Å²) in [6.45, 7) is 0. The first kappa shape index (κ1) is 8.29. The van der Waals surface area contributed by atoms with Gasteiger partial charge in [-0.05, 0) is 0 Å². The van der Waals surface area contributed by atoms with Crippen molar-refractivity contribution in [1.29, 1.82) is 5.41 Å². The largest absolute Gasteiger partial charge is 0.387 e. The van der Waals surface area contributed by atoms with E-state index in [-0.39, 0.29) is 0 Å². The Labute approximate surface area is 59.9 Å². The normalized spacial score (nSPS) is 32.5. The summed E-state index contributed by atoms with van der Waals surface area (Å²) < 4.78 is 48.6. The van der Waals surface area contributed by atoms with Gasteiger partial charge >= 0.3 is 11.8 Å². The summed E-state index contributed by atoms with van der Waals surface area (Å²) in [5.41, 5.74) is 4.66. The van der Waals surface area contributed by atoms with E-state index < -0.39 is 30.0 Å². The first-order valence-electron chi connectivity index (χ1n) is 2.88. The molecule has 0 amide bonds. The van der Waals surface area contributed by atoms with Crippen LogP contribution in [0.5, 0.6) is 0 Å². The summed E-state index contributed by atoms with van der Waals surface area (Å²) in [5, 5.41) is 6.55. The zero-order valence-corrected chi connectivity index (χ0v) is 5.37. The molecule has 11 heavy (non-hydrogen) atoms. The highest BCUT2D eigenvalue weighted by Crippen LogP contribution is 2.55. The lowest BCUT2D eigenvalue weighted by molar-refractivity contribution is -0.296. The van der Waals surface area contributed by atoms with E-state index in [9.17, 15) is 17.6 Å². The van der Waals surface area contributed by atoms with E-state index in [4.69, 9.17) is 5.41 Å². The number of nitrogens with one attached hydrogen (secondary N) is 1. The molecule has 1 rings (SSSR count). The second-order valence-electron chi connectivity index (χ2n) is 2.54. The van der Waals surface area contributed by atoms with Crippen LogP contribution in [0.15, 0.2) is 0 Å². The van der Waals surface area contributed by atoms with Crippen LogP contribution in [0, 0.1) is 11.3 Å². The molecule has 0 aromatic heterocycles. The number of amidine groups is 1. The molecule has 64 valence electrons. The van der Waals surface area contributed by atoms with Crippen molar-refractivity contribution >= 4 is 5.84 Å². The Hall–Kier alpha value is -0.810. The van der Waals surface area contributed by atoms with Gasteiger partial charge in [-0.1, -0.05) is 0 Å². The Balaban J connectivity index is 2.77. The number of hydrogen-bond donors (Lipinski definition) is 2. The maximum absolute atomic E-state index is 12.3. The van der Waals surface area contributed by atoms with Crippen LogP contribution in [-0.4, -0.2) is 17.7 Å². The second kappa shape index (κ2) is 1.86. The standard InChI is InChI=1S/C5H6F4N2/c6-4(7)1-2(3(10)11)5(4,8)9/h2H,1H2,(H3,10,11). The Kier molecular flexibility index (Phi) is 1.40. The van der Waals surface area contributed by atoms with Gasteiger partial charge in [-0.2, -0.15) is 17.6 Å². The van der Waals surface area contributed by atoms with Crippen LogP contribution in [0.25, 0.3) is 0 Å². The zero-order valence-electron chi connectivity index (χ0n) is 5.37. The fourth-order valence-corrected chi connectivity index (χ4v) is 0.950. The minimum atomic E-state index is -4.13. The van der Waals surface area contributed by atoms with Gasteiger partial charge in [0.15, 0.2) is 0 Å². The van der Waals surface area contributed by atoms with Crippen molar-refractivity contribution in [3.63, 3.8) is 0 Å². The van der Waals surface area contributed by atoms with Crippen LogP contribution in [0.2, 0.25) is 0 Å². The molecule has 1 saturated carbocycles. The van der Waals surface area contributed by atoms with Gasteiger partial charge in [0.2, 0.25) is 0 Å². The highest BCUT2D eigenvalue weighted by molar-refractivity contribution is 5.82. The van der Waals surface area contributed by atoms with Crippen molar-refractivity contribution in [2.45, 2.75) is 18.3 Å². The molecule has 1 unspecified atom stereocenters. The smallest absolute Gasteiger partial charge is 0.320 e. The Morgan fingerprint density at radius 2 is 1.82 bits per heavy atom. The predicted octanol–water partition coefficient (Wildman–Crippen LogP) is 1.21. The monoisotopic (exact) mass is 170 g/mol. The van der Waals surface area contributed by atoms with Gasteiger partial charge in [0.25, 0.3) is 0 Å². The van der Waals surface area contributed by atoms with E-state index in [1.165, 1.54) is 0 Å². The van der Waals surface area contributed by atoms with E-state index in [0.29, 0.717) is 0 Å². The minimum absolute atomic E-state index is 0.874. The van der Waals surface area contributed by atoms with Crippen molar-refractivity contribution in [3.05, 3.63) is 0 Å². The van der Waals surface area contributed by atoms with Crippen molar-refractivity contribution in [1.82, 2.24) is 0 Å². The van der Waals surface area contributed by atoms with Gasteiger partial charge in [-0.15, -0.1) is 0 Å². The molecule has 0 bridgehead atoms. The molecule has 0 saturated heterocycles. The molecule has 0 spiro atoms. The molecule has 0 radical (unpaired) electrons. The molecule has 3 N–H and O–H groups in total. The maximum Gasteiger partial charge on any atom is 0.320 e. The summed E-state index contributed by atoms with van der Waals surface area (Å²) in [6.07, 6.45) is -1.02. The van der Waals surface area contributed by atoms with Gasteiger partial charge in [-0.3, -0.25) is 5.41 Å². The predicted molar refractivity (Wildman–Crippen MR) is 29.9 cm³/mol. The fourth-order valence-electron chi connectivity index (χ4n) is 0.950. The summed E-state index contributed by atoms with van der Waals surface area (Å²) in [6, 6.07) is 0. The van der Waals surface area contributed by atoms with Crippen LogP contribution < -0.4 is 5.73 Å². The molecular weight excluding hydrogens is 164 g/mol. The van der Waals surface area contributed by atoms with Crippen molar-refractivity contribution < 1.29 is 17.6 Å². The molecule has 1 atom stereocenters. The Bertz CT molecular complexity index is 201. The number of alkyl halides is 4. The number of rotatable bonds is 1. The summed E-state index contributed by atoms with van der Waals surface area (Å²) in [4.78, 5) is 0. The topological polar surface area (TPSA) is 49.9 Å². The average Bonchev–Trinajstić information content (AvgIpc) is 1.82. The third kappa shape index (κ3) is 0.883. The Morgan fingerprint density at radius 3 is 1.91 bits per heavy atom. The lowest BCUT2D eigenvalue weighted by Crippen LogP contribution is -2.62. The molecule has 1 fully saturated rings. The van der Waals surface area contributed by atoms with Gasteiger partial charge in [0.1, 0.15) is 5.84 Å². The quantitative estimate of drug-likeness (QED) is 0.347. The van der Waals surface area contributed by atoms with Gasteiger partial charge < -0.3 is 5.73 Å². The van der Waals surface area contributed by atoms with Crippen LogP contribution >= 0.6 is 0 Å². The van der Waals surface area contributed by atoms with Crippen LogP contribution in [0.4, 0.5) is 17.6 Å². The molecule has 1 aliphatic carbocycles. The summed E-state index contributed by atoms with van der Waals surface area (Å²) >= 11 is 0. The van der Waals surface area contributed by atoms with Gasteiger partial charge in [0, 0.05) is 6.42 Å². The van der Waals surface area contributed by atoms with Gasteiger partial charge in [-0.25, -0.2) is 0 Å². The van der Waals surface area contributed by atoms with E-state index in [2.05, 4.69) is 5.73 Å². The minimum Gasteiger partial charge on any atom is -0.387 e. The third-order valence-electron chi connectivity index (χ3n) is 1.76. The summed E-state index contributed by atoms with van der Waals surface area (Å²) in [7, 11) is 0. The van der Waals surface area contributed by atoms with Crippen LogP contribution in [-0.2, 0) is 0 Å². The number of halogens is 4. The van der Waals surface area contributed by atoms with Crippen molar-refractivity contribution in [2.24, 2.45) is 11.7 Å². The van der Waals surface area contributed by atoms with Crippen molar-refractivity contribution in [2.75, 3.05) is 0 Å². The number of hydrogen-bond acceptors (Lipinski definition) is 1. The molecule has 1 aliphatic rings. The fraction of sp³-hybridized carbons (Fsp3) is 0.800. The van der Waals surface area contributed by atoms with Gasteiger partial charge in [0.05, 0.1) is 5.92 Å². The molecule has 6 heteroatoms. The lowest BCUT2D eigenvalue weighted by Gasteiger charge is -2.42. The first-order chi connectivity index (χ1) is 4.79. The zero-order chi connectivity index (χ0) is 8.86. The van der Waals surface area contributed by atoms with Crippen LogP contribution in [0.3, 0.4) is 0 Å². The highest BCUT2D eigenvalue weighted by Gasteiger charge is 2.72. The molecule has 0 aromatic carbocycles. The molecule has 0 heterocycles. The second-order valence-corrected chi connectivity index (χ2v) is 2.54. The lowest BCUT2D eigenvalue weighted by atomic mass is 9.76. The van der Waals surface area contributed by atoms with E-state index in [1.807, 2.05) is 0 Å². The van der Waals surface area contributed by atoms with E-state index in [0.717, 1.165) is 0 Å². The Morgan fingerprint density at radius 1 is 1.36 bits per heavy atom. The van der Waals surface area contributed by atoms with Crippen LogP contribution in [0.1, 0.15) is 6.42 Å². The summed E-state index contributed by atoms with van der Waals surface area (Å²) in [5.74, 6) is -10.8.